The Hall–Kier alpha value is -3.80. The highest BCUT2D eigenvalue weighted by atomic mass is 32.1. The number of hydrogen-bond donors (Lipinski definition) is 1. The van der Waals surface area contributed by atoms with Gasteiger partial charge in [0, 0.05) is 6.54 Å². The molecule has 0 spiro atoms. The molecule has 37 heavy (non-hydrogen) atoms. The highest BCUT2D eigenvalue weighted by Gasteiger charge is 2.36. The smallest absolute Gasteiger partial charge is 0.348 e. The fraction of sp³-hybridized carbons (Fsp3) is 0.400. The monoisotopic (exact) mass is 533 g/mol. The number of carbonyl (C=O) groups excluding carboxylic acids is 3. The molecule has 12 heteroatoms. The molecule has 10 nitrogen and oxygen atoms in total. The maximum absolute atomic E-state index is 14.0. The lowest BCUT2D eigenvalue weighted by Gasteiger charge is -2.26. The van der Waals surface area contributed by atoms with Crippen LogP contribution >= 0.6 is 11.3 Å². The Morgan fingerprint density at radius 2 is 1.84 bits per heavy atom. The molecule has 0 saturated carbocycles. The molecule has 3 aromatic rings. The molecule has 0 atom stereocenters. The number of ether oxygens (including phenoxy) is 2. The normalized spacial score (nSPS) is 11.4. The molecule has 0 aliphatic heterocycles. The maximum atomic E-state index is 14.0. The quantitative estimate of drug-likeness (QED) is 0.331. The number of Topliss-reactive ketones (excluding diaryl/α,β-unsaturated/α-hetero) is 1. The average molecular weight is 534 g/mol. The van der Waals surface area contributed by atoms with Gasteiger partial charge in [0.2, 0.25) is 5.91 Å². The third-order valence-electron chi connectivity index (χ3n) is 5.89. The van der Waals surface area contributed by atoms with Crippen molar-refractivity contribution in [2.24, 2.45) is 0 Å². The van der Waals surface area contributed by atoms with Crippen molar-refractivity contribution in [3.05, 3.63) is 60.9 Å². The van der Waals surface area contributed by atoms with Crippen LogP contribution in [0.15, 0.2) is 27.8 Å². The number of carbonyl (C=O) groups is 3. The van der Waals surface area contributed by atoms with Crippen molar-refractivity contribution in [2.45, 2.75) is 46.7 Å². The van der Waals surface area contributed by atoms with E-state index in [-0.39, 0.29) is 45.1 Å². The van der Waals surface area contributed by atoms with Crippen LogP contribution in [0.5, 0.6) is 5.75 Å². The molecule has 0 bridgehead atoms. The average Bonchev–Trinajstić information content (AvgIpc) is 3.19. The van der Waals surface area contributed by atoms with E-state index < -0.39 is 46.8 Å². The molecule has 1 N–H and O–H groups in total. The van der Waals surface area contributed by atoms with Crippen molar-refractivity contribution >= 4 is 39.2 Å². The third-order valence-corrected chi connectivity index (χ3v) is 7.18. The number of amides is 1. The van der Waals surface area contributed by atoms with Gasteiger partial charge in [0.25, 0.3) is 5.56 Å². The van der Waals surface area contributed by atoms with Gasteiger partial charge < -0.3 is 14.8 Å². The lowest BCUT2D eigenvalue weighted by atomic mass is 10.0. The number of benzene rings is 1. The van der Waals surface area contributed by atoms with Gasteiger partial charge in [0.05, 0.1) is 31.2 Å². The summed E-state index contributed by atoms with van der Waals surface area (Å²) in [6.07, 6.45) is 0. The standard InChI is InChI=1S/C25H28FN3O7S/c1-7-27-23(33)25(4,5)29-20(31)18-13(3)19(22(32)36-8-2)37-21(18)28(24(29)34)12-16(30)15-11-14(26)9-10-17(15)35-6/h9-11H,7-8,12H2,1-6H3,(H,27,33). The van der Waals surface area contributed by atoms with Crippen molar-refractivity contribution in [1.29, 1.82) is 0 Å². The number of esters is 1. The van der Waals surface area contributed by atoms with Gasteiger partial charge in [-0.05, 0) is 58.4 Å². The molecule has 3 rings (SSSR count). The fourth-order valence-corrected chi connectivity index (χ4v) is 5.16. The first-order chi connectivity index (χ1) is 17.4. The summed E-state index contributed by atoms with van der Waals surface area (Å²) in [4.78, 5) is 66.3. The largest absolute Gasteiger partial charge is 0.496 e. The molecule has 0 fully saturated rings. The van der Waals surface area contributed by atoms with Crippen molar-refractivity contribution in [3.63, 3.8) is 0 Å². The van der Waals surface area contributed by atoms with Gasteiger partial charge in [-0.25, -0.2) is 18.5 Å². The molecule has 1 amide bonds. The van der Waals surface area contributed by atoms with Crippen LogP contribution in [0.25, 0.3) is 10.2 Å². The summed E-state index contributed by atoms with van der Waals surface area (Å²) in [6, 6.07) is 3.40. The van der Waals surface area contributed by atoms with Gasteiger partial charge in [-0.3, -0.25) is 19.0 Å². The molecule has 0 unspecified atom stereocenters. The third kappa shape index (κ3) is 4.93. The van der Waals surface area contributed by atoms with Crippen LogP contribution in [-0.2, 0) is 21.6 Å². The van der Waals surface area contributed by atoms with Crippen LogP contribution < -0.4 is 21.3 Å². The number of nitrogens with zero attached hydrogens (tertiary/aromatic N) is 2. The Morgan fingerprint density at radius 3 is 2.43 bits per heavy atom. The van der Waals surface area contributed by atoms with Crippen molar-refractivity contribution < 1.29 is 28.2 Å². The van der Waals surface area contributed by atoms with Crippen LogP contribution in [0.4, 0.5) is 4.39 Å². The number of hydrogen-bond acceptors (Lipinski definition) is 8. The van der Waals surface area contributed by atoms with E-state index in [4.69, 9.17) is 9.47 Å². The van der Waals surface area contributed by atoms with Crippen LogP contribution in [0.2, 0.25) is 0 Å². The second-order valence-corrected chi connectivity index (χ2v) is 9.65. The molecule has 0 saturated heterocycles. The minimum atomic E-state index is -1.64. The zero-order valence-corrected chi connectivity index (χ0v) is 22.2. The number of methoxy groups -OCH3 is 1. The predicted octanol–water partition coefficient (Wildman–Crippen LogP) is 2.61. The van der Waals surface area contributed by atoms with Crippen LogP contribution in [0.1, 0.15) is 53.3 Å². The first kappa shape index (κ1) is 27.8. The number of halogens is 1. The van der Waals surface area contributed by atoms with Gasteiger partial charge in [-0.2, -0.15) is 0 Å². The van der Waals surface area contributed by atoms with E-state index in [9.17, 15) is 28.4 Å². The van der Waals surface area contributed by atoms with Gasteiger partial charge in [-0.15, -0.1) is 11.3 Å². The molecule has 0 aliphatic rings. The second kappa shape index (κ2) is 10.7. The van der Waals surface area contributed by atoms with Crippen molar-refractivity contribution in [2.75, 3.05) is 20.3 Å². The molecule has 2 aromatic heterocycles. The number of aromatic nitrogens is 2. The minimum absolute atomic E-state index is 0.00373. The Labute approximate surface area is 215 Å². The number of ketones is 1. The van der Waals surface area contributed by atoms with E-state index in [0.29, 0.717) is 0 Å². The number of rotatable bonds is 9. The number of likely N-dealkylation sites (N-methyl/N-ethyl adjacent to an activating group) is 1. The molecular weight excluding hydrogens is 505 g/mol. The second-order valence-electron chi connectivity index (χ2n) is 8.65. The van der Waals surface area contributed by atoms with Gasteiger partial charge in [0.1, 0.15) is 26.8 Å². The molecule has 0 radical (unpaired) electrons. The van der Waals surface area contributed by atoms with Gasteiger partial charge in [0.15, 0.2) is 5.78 Å². The first-order valence-corrected chi connectivity index (χ1v) is 12.3. The van der Waals surface area contributed by atoms with E-state index >= 15 is 0 Å². The number of aryl methyl sites for hydroxylation is 1. The Bertz CT molecular complexity index is 1520. The first-order valence-electron chi connectivity index (χ1n) is 11.5. The van der Waals surface area contributed by atoms with E-state index in [0.717, 1.165) is 32.6 Å². The summed E-state index contributed by atoms with van der Waals surface area (Å²) in [5.74, 6) is -2.53. The zero-order chi connectivity index (χ0) is 27.7. The number of fused-ring (bicyclic) bond motifs is 1. The summed E-state index contributed by atoms with van der Waals surface area (Å²) in [6.45, 7) is 7.40. The lowest BCUT2D eigenvalue weighted by Crippen LogP contribution is -2.55. The van der Waals surface area contributed by atoms with Crippen molar-refractivity contribution in [3.8, 4) is 5.75 Å². The number of nitrogens with one attached hydrogen (secondary N) is 1. The number of thiophene rings is 1. The fourth-order valence-electron chi connectivity index (χ4n) is 3.98. The van der Waals surface area contributed by atoms with Gasteiger partial charge >= 0.3 is 11.7 Å². The summed E-state index contributed by atoms with van der Waals surface area (Å²) in [5, 5.41) is 2.61. The Morgan fingerprint density at radius 1 is 1.16 bits per heavy atom. The van der Waals surface area contributed by atoms with Crippen LogP contribution in [0.3, 0.4) is 0 Å². The predicted molar refractivity (Wildman–Crippen MR) is 136 cm³/mol. The summed E-state index contributed by atoms with van der Waals surface area (Å²) < 4.78 is 26.0. The molecule has 2 heterocycles. The molecular formula is C25H28FN3O7S. The highest BCUT2D eigenvalue weighted by molar-refractivity contribution is 7.20. The minimum Gasteiger partial charge on any atom is -0.496 e. The van der Waals surface area contributed by atoms with E-state index in [1.54, 1.807) is 13.8 Å². The Kier molecular flexibility index (Phi) is 8.01. The SMILES string of the molecule is CCNC(=O)C(C)(C)n1c(=O)c2c(C)c(C(=O)OCC)sc2n(CC(=O)c2cc(F)ccc2OC)c1=O. The van der Waals surface area contributed by atoms with Crippen molar-refractivity contribution in [1.82, 2.24) is 14.5 Å². The summed E-state index contributed by atoms with van der Waals surface area (Å²) >= 11 is 0.832. The van der Waals surface area contributed by atoms with E-state index in [1.165, 1.54) is 33.9 Å². The van der Waals surface area contributed by atoms with E-state index in [2.05, 4.69) is 5.32 Å². The molecule has 1 aromatic carbocycles. The van der Waals surface area contributed by atoms with Crippen LogP contribution in [-0.4, -0.2) is 47.1 Å². The maximum Gasteiger partial charge on any atom is 0.348 e. The highest BCUT2D eigenvalue weighted by Crippen LogP contribution is 2.30. The summed E-state index contributed by atoms with van der Waals surface area (Å²) in [7, 11) is 1.32. The molecule has 0 aliphatic carbocycles. The lowest BCUT2D eigenvalue weighted by molar-refractivity contribution is -0.128. The zero-order valence-electron chi connectivity index (χ0n) is 21.4. The van der Waals surface area contributed by atoms with Gasteiger partial charge in [-0.1, -0.05) is 0 Å². The topological polar surface area (TPSA) is 126 Å². The van der Waals surface area contributed by atoms with Crippen LogP contribution in [0, 0.1) is 12.7 Å². The Balaban J connectivity index is 2.37. The summed E-state index contributed by atoms with van der Waals surface area (Å²) in [5.41, 5.74) is -3.21. The van der Waals surface area contributed by atoms with E-state index in [1.807, 2.05) is 0 Å². The molecule has 198 valence electrons.